The van der Waals surface area contributed by atoms with Crippen LogP contribution in [0.25, 0.3) is 0 Å². The van der Waals surface area contributed by atoms with E-state index in [0.29, 0.717) is 12.5 Å². The predicted octanol–water partition coefficient (Wildman–Crippen LogP) is 3.39. The minimum Gasteiger partial charge on any atom is -0.381 e. The van der Waals surface area contributed by atoms with Gasteiger partial charge in [0, 0.05) is 46.1 Å². The molecule has 2 unspecified atom stereocenters. The quantitative estimate of drug-likeness (QED) is 0.396. The molecule has 2 saturated heterocycles. The van der Waals surface area contributed by atoms with E-state index in [4.69, 9.17) is 19.2 Å². The maximum absolute atomic E-state index is 13.3. The number of benzene rings is 1. The standard InChI is InChI=1S/C23H36FN3O3/c1-3-25-23(26-11-4-12-29-17-19-9-13-28-14-10-19)27-15-18(2)30-22(16-27)20-5-7-21(24)8-6-20/h5-8,18-19,22H,3-4,9-17H2,1-2H3,(H,25,26). The average Bonchev–Trinajstić information content (AvgIpc) is 2.76. The number of rotatable bonds is 8. The second-order valence-corrected chi connectivity index (χ2v) is 8.11. The first kappa shape index (κ1) is 23.0. The van der Waals surface area contributed by atoms with Crippen molar-refractivity contribution in [3.63, 3.8) is 0 Å². The summed E-state index contributed by atoms with van der Waals surface area (Å²) in [6.45, 7) is 10.4. The van der Waals surface area contributed by atoms with Crippen molar-refractivity contribution < 1.29 is 18.6 Å². The van der Waals surface area contributed by atoms with Gasteiger partial charge in [-0.05, 0) is 56.7 Å². The second-order valence-electron chi connectivity index (χ2n) is 8.11. The summed E-state index contributed by atoms with van der Waals surface area (Å²) in [7, 11) is 0. The first-order chi connectivity index (χ1) is 14.7. The molecule has 1 N–H and O–H groups in total. The molecule has 6 nitrogen and oxygen atoms in total. The van der Waals surface area contributed by atoms with Crippen LogP contribution in [0.1, 0.15) is 44.8 Å². The van der Waals surface area contributed by atoms with Gasteiger partial charge in [0.1, 0.15) is 11.9 Å². The molecule has 2 aliphatic heterocycles. The number of morpholine rings is 1. The van der Waals surface area contributed by atoms with Crippen LogP contribution in [0, 0.1) is 11.7 Å². The highest BCUT2D eigenvalue weighted by atomic mass is 19.1. The van der Waals surface area contributed by atoms with E-state index in [0.717, 1.165) is 76.8 Å². The van der Waals surface area contributed by atoms with Gasteiger partial charge >= 0.3 is 0 Å². The van der Waals surface area contributed by atoms with Gasteiger partial charge in [-0.15, -0.1) is 0 Å². The number of hydrogen-bond donors (Lipinski definition) is 1. The summed E-state index contributed by atoms with van der Waals surface area (Å²) >= 11 is 0. The van der Waals surface area contributed by atoms with E-state index < -0.39 is 0 Å². The summed E-state index contributed by atoms with van der Waals surface area (Å²) < 4.78 is 30.6. The molecule has 3 rings (SSSR count). The molecule has 0 radical (unpaired) electrons. The van der Waals surface area contributed by atoms with E-state index in [1.165, 1.54) is 12.1 Å². The van der Waals surface area contributed by atoms with Crippen molar-refractivity contribution in [2.24, 2.45) is 10.9 Å². The van der Waals surface area contributed by atoms with Gasteiger partial charge in [0.15, 0.2) is 5.96 Å². The number of guanidine groups is 1. The topological polar surface area (TPSA) is 55.3 Å². The Hall–Kier alpha value is -1.70. The molecule has 0 aliphatic carbocycles. The van der Waals surface area contributed by atoms with Crippen LogP contribution in [0.4, 0.5) is 4.39 Å². The fourth-order valence-electron chi connectivity index (χ4n) is 3.93. The summed E-state index contributed by atoms with van der Waals surface area (Å²) in [5.74, 6) is 1.32. The SMILES string of the molecule is CCNC(=NCCCOCC1CCOCC1)N1CC(C)OC(c2ccc(F)cc2)C1. The Bertz CT molecular complexity index is 650. The summed E-state index contributed by atoms with van der Waals surface area (Å²) in [6.07, 6.45) is 3.08. The van der Waals surface area contributed by atoms with Gasteiger partial charge in [0.2, 0.25) is 0 Å². The minimum atomic E-state index is -0.228. The van der Waals surface area contributed by atoms with E-state index in [1.54, 1.807) is 12.1 Å². The summed E-state index contributed by atoms with van der Waals surface area (Å²) in [5, 5.41) is 3.40. The molecule has 0 amide bonds. The van der Waals surface area contributed by atoms with Gasteiger partial charge in [-0.3, -0.25) is 4.99 Å². The first-order valence-electron chi connectivity index (χ1n) is 11.3. The molecule has 0 spiro atoms. The van der Waals surface area contributed by atoms with Crippen molar-refractivity contribution in [3.8, 4) is 0 Å². The fourth-order valence-corrected chi connectivity index (χ4v) is 3.93. The van der Waals surface area contributed by atoms with Crippen molar-refractivity contribution in [2.75, 3.05) is 52.6 Å². The number of aliphatic imine (C=N–C) groups is 1. The summed E-state index contributed by atoms with van der Waals surface area (Å²) in [6, 6.07) is 6.58. The monoisotopic (exact) mass is 421 g/mol. The molecular weight excluding hydrogens is 385 g/mol. The lowest BCUT2D eigenvalue weighted by molar-refractivity contribution is -0.0605. The molecule has 2 aliphatic rings. The smallest absolute Gasteiger partial charge is 0.194 e. The van der Waals surface area contributed by atoms with E-state index in [1.807, 2.05) is 0 Å². The molecular formula is C23H36FN3O3. The minimum absolute atomic E-state index is 0.0699. The Morgan fingerprint density at radius 2 is 2.00 bits per heavy atom. The molecule has 0 aromatic heterocycles. The van der Waals surface area contributed by atoms with Crippen LogP contribution in [0.3, 0.4) is 0 Å². The highest BCUT2D eigenvalue weighted by Crippen LogP contribution is 2.25. The van der Waals surface area contributed by atoms with Crippen LogP contribution in [-0.2, 0) is 14.2 Å². The van der Waals surface area contributed by atoms with Crippen LogP contribution in [0.5, 0.6) is 0 Å². The molecule has 2 heterocycles. The van der Waals surface area contributed by atoms with Crippen molar-refractivity contribution in [2.45, 2.75) is 45.3 Å². The Kier molecular flexibility index (Phi) is 9.36. The normalized spacial score (nSPS) is 23.6. The van der Waals surface area contributed by atoms with E-state index in [2.05, 4.69) is 24.1 Å². The van der Waals surface area contributed by atoms with Gasteiger partial charge in [-0.25, -0.2) is 4.39 Å². The van der Waals surface area contributed by atoms with E-state index in [9.17, 15) is 4.39 Å². The summed E-state index contributed by atoms with van der Waals surface area (Å²) in [5.41, 5.74) is 0.991. The molecule has 2 atom stereocenters. The first-order valence-corrected chi connectivity index (χ1v) is 11.3. The Morgan fingerprint density at radius 3 is 2.73 bits per heavy atom. The lowest BCUT2D eigenvalue weighted by Crippen LogP contribution is -2.50. The maximum Gasteiger partial charge on any atom is 0.194 e. The Labute approximate surface area is 179 Å². The molecule has 30 heavy (non-hydrogen) atoms. The zero-order chi connectivity index (χ0) is 21.2. The number of halogens is 1. The van der Waals surface area contributed by atoms with Crippen molar-refractivity contribution in [1.82, 2.24) is 10.2 Å². The van der Waals surface area contributed by atoms with Gasteiger partial charge in [0.25, 0.3) is 0 Å². The molecule has 2 fully saturated rings. The second kappa shape index (κ2) is 12.2. The molecule has 168 valence electrons. The van der Waals surface area contributed by atoms with Gasteiger partial charge in [-0.2, -0.15) is 0 Å². The highest BCUT2D eigenvalue weighted by molar-refractivity contribution is 5.80. The van der Waals surface area contributed by atoms with Crippen LogP contribution in [0.15, 0.2) is 29.3 Å². The van der Waals surface area contributed by atoms with Crippen LogP contribution < -0.4 is 5.32 Å². The van der Waals surface area contributed by atoms with Crippen LogP contribution >= 0.6 is 0 Å². The third-order valence-corrected chi connectivity index (χ3v) is 5.54. The predicted molar refractivity (Wildman–Crippen MR) is 116 cm³/mol. The average molecular weight is 422 g/mol. The zero-order valence-electron chi connectivity index (χ0n) is 18.3. The highest BCUT2D eigenvalue weighted by Gasteiger charge is 2.28. The van der Waals surface area contributed by atoms with E-state index >= 15 is 0 Å². The molecule has 0 saturated carbocycles. The van der Waals surface area contributed by atoms with Gasteiger partial charge < -0.3 is 24.4 Å². The number of hydrogen-bond acceptors (Lipinski definition) is 4. The molecule has 1 aromatic carbocycles. The van der Waals surface area contributed by atoms with Gasteiger partial charge in [-0.1, -0.05) is 12.1 Å². The Balaban J connectivity index is 1.48. The molecule has 1 aromatic rings. The van der Waals surface area contributed by atoms with Crippen molar-refractivity contribution in [3.05, 3.63) is 35.6 Å². The van der Waals surface area contributed by atoms with Crippen molar-refractivity contribution in [1.29, 1.82) is 0 Å². The van der Waals surface area contributed by atoms with E-state index in [-0.39, 0.29) is 18.0 Å². The lowest BCUT2D eigenvalue weighted by Gasteiger charge is -2.38. The third kappa shape index (κ3) is 7.22. The number of ether oxygens (including phenoxy) is 3. The number of nitrogens with one attached hydrogen (secondary N) is 1. The van der Waals surface area contributed by atoms with Crippen LogP contribution in [0.2, 0.25) is 0 Å². The van der Waals surface area contributed by atoms with Crippen LogP contribution in [-0.4, -0.2) is 69.6 Å². The summed E-state index contributed by atoms with van der Waals surface area (Å²) in [4.78, 5) is 7.06. The maximum atomic E-state index is 13.3. The number of nitrogens with zero attached hydrogens (tertiary/aromatic N) is 2. The fraction of sp³-hybridized carbons (Fsp3) is 0.696. The molecule has 7 heteroatoms. The zero-order valence-corrected chi connectivity index (χ0v) is 18.3. The molecule has 0 bridgehead atoms. The van der Waals surface area contributed by atoms with Gasteiger partial charge in [0.05, 0.1) is 12.6 Å². The Morgan fingerprint density at radius 1 is 1.23 bits per heavy atom. The third-order valence-electron chi connectivity index (χ3n) is 5.54. The lowest BCUT2D eigenvalue weighted by atomic mass is 10.0. The largest absolute Gasteiger partial charge is 0.381 e. The van der Waals surface area contributed by atoms with Crippen molar-refractivity contribution >= 4 is 5.96 Å².